The summed E-state index contributed by atoms with van der Waals surface area (Å²) in [4.78, 5) is 19.3. The quantitative estimate of drug-likeness (QED) is 0.486. The van der Waals surface area contributed by atoms with Gasteiger partial charge in [-0.25, -0.2) is 8.78 Å². The molecular formula is C23H17F2N3O2. The first-order valence-electron chi connectivity index (χ1n) is 9.59. The highest BCUT2D eigenvalue weighted by Gasteiger charge is 2.28. The van der Waals surface area contributed by atoms with Crippen molar-refractivity contribution in [3.8, 4) is 11.3 Å². The van der Waals surface area contributed by atoms with Crippen molar-refractivity contribution < 1.29 is 18.1 Å². The van der Waals surface area contributed by atoms with E-state index in [1.54, 1.807) is 36.1 Å². The summed E-state index contributed by atoms with van der Waals surface area (Å²) in [5, 5.41) is 4.63. The first-order valence-corrected chi connectivity index (χ1v) is 9.59. The first kappa shape index (κ1) is 18.4. The lowest BCUT2D eigenvalue weighted by molar-refractivity contribution is 0.0733. The van der Waals surface area contributed by atoms with Gasteiger partial charge in [0, 0.05) is 28.8 Å². The number of nitrogens with zero attached hydrogens (tertiary/aromatic N) is 3. The Morgan fingerprint density at radius 1 is 1.07 bits per heavy atom. The largest absolute Gasteiger partial charge is 0.356 e. The highest BCUT2D eigenvalue weighted by molar-refractivity contribution is 6.06. The molecule has 3 heterocycles. The summed E-state index contributed by atoms with van der Waals surface area (Å²) in [7, 11) is 0. The summed E-state index contributed by atoms with van der Waals surface area (Å²) in [5.41, 5.74) is 4.04. The fraction of sp³-hybridized carbons (Fsp3) is 0.174. The number of fused-ring (bicyclic) bond motifs is 2. The van der Waals surface area contributed by atoms with Crippen molar-refractivity contribution in [1.82, 2.24) is 15.0 Å². The smallest absolute Gasteiger partial charge is 0.254 e. The van der Waals surface area contributed by atoms with Crippen molar-refractivity contribution in [2.24, 2.45) is 0 Å². The van der Waals surface area contributed by atoms with Crippen LogP contribution in [0.25, 0.3) is 22.2 Å². The third-order valence-corrected chi connectivity index (χ3v) is 5.36. The van der Waals surface area contributed by atoms with E-state index in [1.165, 1.54) is 24.3 Å². The van der Waals surface area contributed by atoms with Gasteiger partial charge in [-0.3, -0.25) is 9.78 Å². The van der Waals surface area contributed by atoms with Crippen LogP contribution in [0.4, 0.5) is 8.78 Å². The zero-order valence-corrected chi connectivity index (χ0v) is 16.2. The lowest BCUT2D eigenvalue weighted by Crippen LogP contribution is -2.36. The highest BCUT2D eigenvalue weighted by atomic mass is 19.1. The number of benzene rings is 2. The first-order chi connectivity index (χ1) is 14.5. The maximum atomic E-state index is 13.8. The molecule has 7 heteroatoms. The second kappa shape index (κ2) is 7.02. The summed E-state index contributed by atoms with van der Waals surface area (Å²) in [6, 6.07) is 12.0. The molecule has 30 heavy (non-hydrogen) atoms. The van der Waals surface area contributed by atoms with Crippen molar-refractivity contribution in [2.75, 3.05) is 6.54 Å². The monoisotopic (exact) mass is 405 g/mol. The number of rotatable bonds is 2. The molecule has 5 rings (SSSR count). The van der Waals surface area contributed by atoms with Gasteiger partial charge in [-0.15, -0.1) is 0 Å². The molecule has 150 valence electrons. The lowest BCUT2D eigenvalue weighted by atomic mass is 9.99. The van der Waals surface area contributed by atoms with Crippen LogP contribution in [0.2, 0.25) is 0 Å². The zero-order chi connectivity index (χ0) is 20.8. The van der Waals surface area contributed by atoms with E-state index in [4.69, 9.17) is 4.52 Å². The molecule has 0 aliphatic carbocycles. The van der Waals surface area contributed by atoms with Crippen molar-refractivity contribution >= 4 is 16.8 Å². The van der Waals surface area contributed by atoms with E-state index < -0.39 is 5.82 Å². The van der Waals surface area contributed by atoms with E-state index in [1.807, 2.05) is 0 Å². The molecule has 0 unspecified atom stereocenters. The Bertz CT molecular complexity index is 1280. The molecule has 1 aliphatic heterocycles. The second-order valence-corrected chi connectivity index (χ2v) is 7.39. The molecular weight excluding hydrogens is 388 g/mol. The number of carbonyl (C=O) groups is 1. The number of hydrogen-bond acceptors (Lipinski definition) is 4. The van der Waals surface area contributed by atoms with Crippen molar-refractivity contribution in [1.29, 1.82) is 0 Å². The molecule has 0 spiro atoms. The van der Waals surface area contributed by atoms with E-state index in [0.717, 1.165) is 11.1 Å². The molecule has 0 fully saturated rings. The molecule has 0 bridgehead atoms. The Kier molecular flexibility index (Phi) is 4.31. The third-order valence-electron chi connectivity index (χ3n) is 5.36. The van der Waals surface area contributed by atoms with Gasteiger partial charge >= 0.3 is 0 Å². The number of aryl methyl sites for hydroxylation is 1. The maximum absolute atomic E-state index is 13.8. The fourth-order valence-electron chi connectivity index (χ4n) is 3.91. The van der Waals surface area contributed by atoms with Crippen LogP contribution in [-0.4, -0.2) is 27.5 Å². The molecule has 0 saturated heterocycles. The van der Waals surface area contributed by atoms with Crippen LogP contribution in [0.5, 0.6) is 0 Å². The molecule has 0 radical (unpaired) electrons. The summed E-state index contributed by atoms with van der Waals surface area (Å²) >= 11 is 0. The number of aromatic nitrogens is 2. The second-order valence-electron chi connectivity index (χ2n) is 7.39. The van der Waals surface area contributed by atoms with Gasteiger partial charge in [0.05, 0.1) is 17.6 Å². The van der Waals surface area contributed by atoms with Crippen LogP contribution in [-0.2, 0) is 13.0 Å². The van der Waals surface area contributed by atoms with E-state index in [2.05, 4.69) is 10.1 Å². The SMILES string of the molecule is Cc1cc(C(=O)N2CCc3c(noc3-c3ccc(F)cc3)C2)c2cc(F)ccc2n1. The molecule has 0 N–H and O–H groups in total. The Balaban J connectivity index is 1.47. The Morgan fingerprint density at radius 2 is 1.83 bits per heavy atom. The third kappa shape index (κ3) is 3.12. The van der Waals surface area contributed by atoms with Gasteiger partial charge < -0.3 is 9.42 Å². The predicted molar refractivity (Wildman–Crippen MR) is 107 cm³/mol. The number of pyridine rings is 1. The van der Waals surface area contributed by atoms with Crippen LogP contribution in [0, 0.1) is 18.6 Å². The zero-order valence-electron chi connectivity index (χ0n) is 16.2. The molecule has 4 aromatic rings. The van der Waals surface area contributed by atoms with Gasteiger partial charge in [0.25, 0.3) is 5.91 Å². The minimum Gasteiger partial charge on any atom is -0.356 e. The van der Waals surface area contributed by atoms with Gasteiger partial charge in [0.2, 0.25) is 0 Å². The number of halogens is 2. The Hall–Kier alpha value is -3.61. The van der Waals surface area contributed by atoms with Gasteiger partial charge in [0.1, 0.15) is 17.3 Å². The maximum Gasteiger partial charge on any atom is 0.254 e. The summed E-state index contributed by atoms with van der Waals surface area (Å²) < 4.78 is 32.5. The van der Waals surface area contributed by atoms with Crippen LogP contribution >= 0.6 is 0 Å². The van der Waals surface area contributed by atoms with E-state index >= 15 is 0 Å². The molecule has 5 nitrogen and oxygen atoms in total. The molecule has 0 saturated carbocycles. The van der Waals surface area contributed by atoms with Crippen molar-refractivity contribution in [3.63, 3.8) is 0 Å². The van der Waals surface area contributed by atoms with E-state index in [9.17, 15) is 13.6 Å². The van der Waals surface area contributed by atoms with Gasteiger partial charge in [0.15, 0.2) is 5.76 Å². The number of amides is 1. The fourth-order valence-corrected chi connectivity index (χ4v) is 3.91. The molecule has 1 aliphatic rings. The minimum absolute atomic E-state index is 0.201. The lowest BCUT2D eigenvalue weighted by Gasteiger charge is -2.26. The van der Waals surface area contributed by atoms with Gasteiger partial charge in [-0.2, -0.15) is 0 Å². The van der Waals surface area contributed by atoms with Crippen molar-refractivity contribution in [3.05, 3.63) is 82.7 Å². The van der Waals surface area contributed by atoms with Crippen LogP contribution in [0.3, 0.4) is 0 Å². The van der Waals surface area contributed by atoms with Crippen LogP contribution in [0.15, 0.2) is 53.1 Å². The summed E-state index contributed by atoms with van der Waals surface area (Å²) in [6.07, 6.45) is 0.563. The molecule has 1 amide bonds. The van der Waals surface area contributed by atoms with Crippen LogP contribution < -0.4 is 0 Å². The van der Waals surface area contributed by atoms with Crippen LogP contribution in [0.1, 0.15) is 27.3 Å². The summed E-state index contributed by atoms with van der Waals surface area (Å²) in [6.45, 7) is 2.57. The van der Waals surface area contributed by atoms with Crippen molar-refractivity contribution in [2.45, 2.75) is 19.9 Å². The van der Waals surface area contributed by atoms with E-state index in [-0.39, 0.29) is 18.3 Å². The van der Waals surface area contributed by atoms with Gasteiger partial charge in [-0.05, 0) is 61.9 Å². The average molecular weight is 405 g/mol. The number of hydrogen-bond donors (Lipinski definition) is 0. The molecule has 2 aromatic carbocycles. The standard InChI is InChI=1S/C23H17F2N3O2/c1-13-10-19(18-11-16(25)6-7-20(18)26-13)23(29)28-9-8-17-21(12-28)27-30-22(17)14-2-4-15(24)5-3-14/h2-7,10-11H,8-9,12H2,1H3. The minimum atomic E-state index is -0.413. The Morgan fingerprint density at radius 3 is 2.63 bits per heavy atom. The van der Waals surface area contributed by atoms with Gasteiger partial charge in [-0.1, -0.05) is 5.16 Å². The van der Waals surface area contributed by atoms with E-state index in [0.29, 0.717) is 46.6 Å². The predicted octanol–water partition coefficient (Wildman–Crippen LogP) is 4.67. The molecule has 0 atom stereocenters. The summed E-state index contributed by atoms with van der Waals surface area (Å²) in [5.74, 6) is -0.332. The Labute approximate surface area is 170 Å². The number of carbonyl (C=O) groups excluding carboxylic acids is 1. The molecule has 2 aromatic heterocycles. The normalized spacial score (nSPS) is 13.5. The average Bonchev–Trinajstić information content (AvgIpc) is 3.17. The topological polar surface area (TPSA) is 59.2 Å². The highest BCUT2D eigenvalue weighted by Crippen LogP contribution is 2.31.